The zero-order valence-corrected chi connectivity index (χ0v) is 12.9. The predicted molar refractivity (Wildman–Crippen MR) is 82.3 cm³/mol. The first-order chi connectivity index (χ1) is 9.58. The van der Waals surface area contributed by atoms with E-state index < -0.39 is 0 Å². The molecule has 0 radical (unpaired) electrons. The summed E-state index contributed by atoms with van der Waals surface area (Å²) in [6.45, 7) is 0.870. The van der Waals surface area contributed by atoms with Crippen LogP contribution in [0.25, 0.3) is 0 Å². The molecule has 2 fully saturated rings. The number of piperidine rings is 1. The van der Waals surface area contributed by atoms with E-state index in [2.05, 4.69) is 9.88 Å². The van der Waals surface area contributed by atoms with Crippen molar-refractivity contribution in [2.24, 2.45) is 5.92 Å². The van der Waals surface area contributed by atoms with Gasteiger partial charge in [0.05, 0.1) is 0 Å². The van der Waals surface area contributed by atoms with Gasteiger partial charge in [0.1, 0.15) is 10.7 Å². The van der Waals surface area contributed by atoms with Crippen LogP contribution in [0.4, 0.5) is 10.9 Å². The van der Waals surface area contributed by atoms with Crippen LogP contribution in [0.5, 0.6) is 0 Å². The Morgan fingerprint density at radius 2 is 2.10 bits per heavy atom. The molecule has 6 heteroatoms. The molecule has 1 saturated heterocycles. The average Bonchev–Trinajstić information content (AvgIpc) is 3.03. The standard InChI is InChI=1S/C14H22N4OS/c1-17(2)14-16-12(15)11(20-14)13(19)18-8-4-6-9-5-3-7-10(9)18/h9-10H,3-8,15H2,1-2H3. The van der Waals surface area contributed by atoms with Crippen LogP contribution in [0, 0.1) is 5.92 Å². The lowest BCUT2D eigenvalue weighted by Crippen LogP contribution is -2.46. The van der Waals surface area contributed by atoms with Gasteiger partial charge in [0.25, 0.3) is 5.91 Å². The van der Waals surface area contributed by atoms with Crippen molar-refractivity contribution in [3.8, 4) is 0 Å². The monoisotopic (exact) mass is 294 g/mol. The number of hydrogen-bond donors (Lipinski definition) is 1. The van der Waals surface area contributed by atoms with Gasteiger partial charge in [0.15, 0.2) is 5.13 Å². The van der Waals surface area contributed by atoms with E-state index in [0.29, 0.717) is 22.7 Å². The molecule has 1 amide bonds. The molecule has 110 valence electrons. The van der Waals surface area contributed by atoms with Crippen molar-refractivity contribution in [3.05, 3.63) is 4.88 Å². The van der Waals surface area contributed by atoms with Gasteiger partial charge < -0.3 is 15.5 Å². The first-order valence-electron chi connectivity index (χ1n) is 7.32. The number of nitrogens with two attached hydrogens (primary N) is 1. The van der Waals surface area contributed by atoms with E-state index in [1.165, 1.54) is 30.6 Å². The molecule has 5 nitrogen and oxygen atoms in total. The quantitative estimate of drug-likeness (QED) is 0.908. The minimum Gasteiger partial charge on any atom is -0.382 e. The van der Waals surface area contributed by atoms with Crippen LogP contribution in [0.3, 0.4) is 0 Å². The summed E-state index contributed by atoms with van der Waals surface area (Å²) in [5.74, 6) is 1.17. The van der Waals surface area contributed by atoms with E-state index in [9.17, 15) is 4.79 Å². The number of aromatic nitrogens is 1. The van der Waals surface area contributed by atoms with Crippen molar-refractivity contribution < 1.29 is 4.79 Å². The fourth-order valence-corrected chi connectivity index (χ4v) is 4.37. The van der Waals surface area contributed by atoms with Crippen LogP contribution in [0.2, 0.25) is 0 Å². The Balaban J connectivity index is 1.84. The molecular formula is C14H22N4OS. The summed E-state index contributed by atoms with van der Waals surface area (Å²) in [7, 11) is 3.83. The highest BCUT2D eigenvalue weighted by molar-refractivity contribution is 7.18. The number of amides is 1. The summed E-state index contributed by atoms with van der Waals surface area (Å²) in [5.41, 5.74) is 5.95. The minimum atomic E-state index is 0.0877. The molecule has 2 aliphatic rings. The van der Waals surface area contributed by atoms with Crippen LogP contribution >= 0.6 is 11.3 Å². The van der Waals surface area contributed by atoms with Crippen molar-refractivity contribution in [2.45, 2.75) is 38.1 Å². The third kappa shape index (κ3) is 2.26. The molecule has 0 bridgehead atoms. The van der Waals surface area contributed by atoms with Gasteiger partial charge in [-0.1, -0.05) is 17.8 Å². The molecule has 2 heterocycles. The van der Waals surface area contributed by atoms with E-state index in [0.717, 1.165) is 24.5 Å². The van der Waals surface area contributed by atoms with Crippen LogP contribution in [-0.4, -0.2) is 42.5 Å². The van der Waals surface area contributed by atoms with Crippen molar-refractivity contribution in [1.82, 2.24) is 9.88 Å². The molecule has 0 spiro atoms. The van der Waals surface area contributed by atoms with E-state index in [-0.39, 0.29) is 5.91 Å². The maximum absolute atomic E-state index is 12.8. The summed E-state index contributed by atoms with van der Waals surface area (Å²) in [6, 6.07) is 0.431. The van der Waals surface area contributed by atoms with Crippen molar-refractivity contribution in [3.63, 3.8) is 0 Å². The second-order valence-corrected chi connectivity index (χ2v) is 6.98. The van der Waals surface area contributed by atoms with E-state index in [1.54, 1.807) is 0 Å². The van der Waals surface area contributed by atoms with E-state index >= 15 is 0 Å². The Morgan fingerprint density at radius 3 is 2.80 bits per heavy atom. The van der Waals surface area contributed by atoms with Crippen LogP contribution in [0.15, 0.2) is 0 Å². The number of carbonyl (C=O) groups excluding carboxylic acids is 1. The van der Waals surface area contributed by atoms with Gasteiger partial charge in [-0.25, -0.2) is 4.98 Å². The maximum Gasteiger partial charge on any atom is 0.268 e. The second-order valence-electron chi connectivity index (χ2n) is 6.00. The van der Waals surface area contributed by atoms with Crippen LogP contribution in [0.1, 0.15) is 41.8 Å². The molecule has 2 atom stereocenters. The van der Waals surface area contributed by atoms with Crippen molar-refractivity contribution in [2.75, 3.05) is 31.3 Å². The summed E-state index contributed by atoms with van der Waals surface area (Å²) >= 11 is 1.40. The Hall–Kier alpha value is -1.30. The Morgan fingerprint density at radius 1 is 1.35 bits per heavy atom. The zero-order valence-electron chi connectivity index (χ0n) is 12.1. The van der Waals surface area contributed by atoms with E-state index in [4.69, 9.17) is 5.73 Å². The van der Waals surface area contributed by atoms with Gasteiger partial charge >= 0.3 is 0 Å². The largest absolute Gasteiger partial charge is 0.382 e. The third-order valence-electron chi connectivity index (χ3n) is 4.47. The summed E-state index contributed by atoms with van der Waals surface area (Å²) < 4.78 is 0. The lowest BCUT2D eigenvalue weighted by atomic mass is 9.92. The zero-order chi connectivity index (χ0) is 14.3. The van der Waals surface area contributed by atoms with Gasteiger partial charge in [-0.3, -0.25) is 4.79 Å². The summed E-state index contributed by atoms with van der Waals surface area (Å²) in [6.07, 6.45) is 6.06. The second kappa shape index (κ2) is 5.24. The summed E-state index contributed by atoms with van der Waals surface area (Å²) in [4.78, 5) is 21.7. The minimum absolute atomic E-state index is 0.0877. The normalized spacial score (nSPS) is 25.6. The lowest BCUT2D eigenvalue weighted by Gasteiger charge is -2.37. The number of fused-ring (bicyclic) bond motifs is 1. The summed E-state index contributed by atoms with van der Waals surface area (Å²) in [5, 5.41) is 0.797. The molecule has 2 unspecified atom stereocenters. The first kappa shape index (κ1) is 13.7. The molecule has 1 aromatic rings. The predicted octanol–water partition coefficient (Wildman–Crippen LogP) is 2.20. The molecule has 3 rings (SSSR count). The Kier molecular flexibility index (Phi) is 3.58. The third-order valence-corrected chi connectivity index (χ3v) is 5.70. The van der Waals surface area contributed by atoms with Gasteiger partial charge in [-0.2, -0.15) is 0 Å². The molecule has 1 aliphatic carbocycles. The number of thiazole rings is 1. The van der Waals surface area contributed by atoms with Gasteiger partial charge in [0.2, 0.25) is 0 Å². The SMILES string of the molecule is CN(C)c1nc(N)c(C(=O)N2CCCC3CCCC32)s1. The number of nitrogen functional groups attached to an aromatic ring is 1. The molecule has 20 heavy (non-hydrogen) atoms. The molecule has 1 aliphatic heterocycles. The smallest absolute Gasteiger partial charge is 0.268 e. The number of carbonyl (C=O) groups is 1. The van der Waals surface area contributed by atoms with E-state index in [1.807, 2.05) is 19.0 Å². The lowest BCUT2D eigenvalue weighted by molar-refractivity contribution is 0.0554. The van der Waals surface area contributed by atoms with Gasteiger partial charge in [-0.05, 0) is 31.6 Å². The average molecular weight is 294 g/mol. The van der Waals surface area contributed by atoms with Crippen LogP contribution in [-0.2, 0) is 0 Å². The Bertz CT molecular complexity index is 513. The maximum atomic E-state index is 12.8. The number of rotatable bonds is 2. The molecule has 1 aromatic heterocycles. The highest BCUT2D eigenvalue weighted by atomic mass is 32.1. The molecule has 0 aromatic carbocycles. The topological polar surface area (TPSA) is 62.5 Å². The molecule has 1 saturated carbocycles. The highest BCUT2D eigenvalue weighted by Crippen LogP contribution is 2.38. The van der Waals surface area contributed by atoms with Gasteiger partial charge in [0, 0.05) is 26.7 Å². The number of nitrogens with zero attached hydrogens (tertiary/aromatic N) is 3. The number of anilines is 2. The molecular weight excluding hydrogens is 272 g/mol. The fourth-order valence-electron chi connectivity index (χ4n) is 3.50. The number of hydrogen-bond acceptors (Lipinski definition) is 5. The fraction of sp³-hybridized carbons (Fsp3) is 0.714. The Labute approximate surface area is 123 Å². The van der Waals surface area contributed by atoms with Crippen LogP contribution < -0.4 is 10.6 Å². The van der Waals surface area contributed by atoms with Crippen molar-refractivity contribution in [1.29, 1.82) is 0 Å². The molecule has 2 N–H and O–H groups in total. The highest BCUT2D eigenvalue weighted by Gasteiger charge is 2.38. The van der Waals surface area contributed by atoms with Gasteiger partial charge in [-0.15, -0.1) is 0 Å². The first-order valence-corrected chi connectivity index (χ1v) is 8.14. The van der Waals surface area contributed by atoms with Crippen molar-refractivity contribution >= 4 is 28.2 Å². The number of likely N-dealkylation sites (tertiary alicyclic amines) is 1.